The summed E-state index contributed by atoms with van der Waals surface area (Å²) in [5, 5.41) is 2.95. The third-order valence-electron chi connectivity index (χ3n) is 3.24. The van der Waals surface area contributed by atoms with Crippen molar-refractivity contribution < 1.29 is 9.53 Å². The summed E-state index contributed by atoms with van der Waals surface area (Å²) in [7, 11) is 0. The van der Waals surface area contributed by atoms with E-state index in [1.807, 2.05) is 4.90 Å². The van der Waals surface area contributed by atoms with Gasteiger partial charge in [0.25, 0.3) is 0 Å². The SMILES string of the molecule is CCCCNC(=O)N1CCC(OCCCN)CC1. The van der Waals surface area contributed by atoms with Gasteiger partial charge in [0.15, 0.2) is 0 Å². The van der Waals surface area contributed by atoms with Gasteiger partial charge < -0.3 is 20.7 Å². The fourth-order valence-electron chi connectivity index (χ4n) is 2.04. The molecule has 0 saturated carbocycles. The number of hydrogen-bond acceptors (Lipinski definition) is 3. The molecule has 3 N–H and O–H groups in total. The minimum absolute atomic E-state index is 0.0730. The number of piperidine rings is 1. The normalized spacial score (nSPS) is 16.9. The zero-order valence-electron chi connectivity index (χ0n) is 11.5. The zero-order chi connectivity index (χ0) is 13.2. The highest BCUT2D eigenvalue weighted by atomic mass is 16.5. The number of unbranched alkanes of at least 4 members (excludes halogenated alkanes) is 1. The highest BCUT2D eigenvalue weighted by Gasteiger charge is 2.22. The lowest BCUT2D eigenvalue weighted by Gasteiger charge is -2.32. The molecule has 0 aromatic rings. The van der Waals surface area contributed by atoms with Crippen molar-refractivity contribution in [1.29, 1.82) is 0 Å². The van der Waals surface area contributed by atoms with E-state index in [-0.39, 0.29) is 6.03 Å². The molecule has 1 rings (SSSR count). The van der Waals surface area contributed by atoms with Crippen LogP contribution < -0.4 is 11.1 Å². The van der Waals surface area contributed by atoms with Crippen LogP contribution in [0.1, 0.15) is 39.0 Å². The minimum Gasteiger partial charge on any atom is -0.378 e. The van der Waals surface area contributed by atoms with Crippen LogP contribution in [0.2, 0.25) is 0 Å². The summed E-state index contributed by atoms with van der Waals surface area (Å²) in [6.07, 6.45) is 5.24. The van der Waals surface area contributed by atoms with Gasteiger partial charge in [0.1, 0.15) is 0 Å². The molecule has 0 aromatic heterocycles. The summed E-state index contributed by atoms with van der Waals surface area (Å²) in [5.74, 6) is 0. The minimum atomic E-state index is 0.0730. The van der Waals surface area contributed by atoms with Gasteiger partial charge in [0.2, 0.25) is 0 Å². The number of carbonyl (C=O) groups excluding carboxylic acids is 1. The summed E-state index contributed by atoms with van der Waals surface area (Å²) in [6.45, 7) is 5.91. The van der Waals surface area contributed by atoms with E-state index in [1.165, 1.54) is 0 Å². The van der Waals surface area contributed by atoms with Gasteiger partial charge in [-0.2, -0.15) is 0 Å². The number of likely N-dealkylation sites (tertiary alicyclic amines) is 1. The molecule has 0 atom stereocenters. The lowest BCUT2D eigenvalue weighted by molar-refractivity contribution is 0.0146. The molecule has 1 heterocycles. The van der Waals surface area contributed by atoms with Gasteiger partial charge in [-0.25, -0.2) is 4.79 Å². The maximum atomic E-state index is 11.8. The molecule has 0 spiro atoms. The van der Waals surface area contributed by atoms with E-state index in [9.17, 15) is 4.79 Å². The standard InChI is InChI=1S/C13H27N3O2/c1-2-3-8-15-13(17)16-9-5-12(6-10-16)18-11-4-7-14/h12H,2-11,14H2,1H3,(H,15,17). The molecule has 106 valence electrons. The molecule has 0 radical (unpaired) electrons. The van der Waals surface area contributed by atoms with Crippen LogP contribution in [0.15, 0.2) is 0 Å². The van der Waals surface area contributed by atoms with Crippen molar-refractivity contribution in [3.63, 3.8) is 0 Å². The second-order valence-electron chi connectivity index (χ2n) is 4.78. The molecule has 1 aliphatic rings. The van der Waals surface area contributed by atoms with Gasteiger partial charge in [-0.1, -0.05) is 13.3 Å². The molecule has 1 fully saturated rings. The van der Waals surface area contributed by atoms with Crippen LogP contribution in [0.25, 0.3) is 0 Å². The summed E-state index contributed by atoms with van der Waals surface area (Å²) in [4.78, 5) is 13.7. The van der Waals surface area contributed by atoms with Crippen molar-refractivity contribution in [2.24, 2.45) is 5.73 Å². The summed E-state index contributed by atoms with van der Waals surface area (Å²) < 4.78 is 5.71. The molecule has 0 aliphatic carbocycles. The van der Waals surface area contributed by atoms with Crippen molar-refractivity contribution in [2.45, 2.75) is 45.1 Å². The Morgan fingerprint density at radius 1 is 1.39 bits per heavy atom. The first-order valence-corrected chi connectivity index (χ1v) is 7.12. The van der Waals surface area contributed by atoms with Crippen molar-refractivity contribution in [3.05, 3.63) is 0 Å². The summed E-state index contributed by atoms with van der Waals surface area (Å²) >= 11 is 0. The fourth-order valence-corrected chi connectivity index (χ4v) is 2.04. The van der Waals surface area contributed by atoms with Crippen LogP contribution in [0.4, 0.5) is 4.79 Å². The van der Waals surface area contributed by atoms with E-state index in [0.717, 1.165) is 58.3 Å². The van der Waals surface area contributed by atoms with Crippen molar-refractivity contribution in [1.82, 2.24) is 10.2 Å². The Bertz CT molecular complexity index is 228. The molecule has 2 amide bonds. The zero-order valence-corrected chi connectivity index (χ0v) is 11.5. The lowest BCUT2D eigenvalue weighted by Crippen LogP contribution is -2.46. The second kappa shape index (κ2) is 9.16. The largest absolute Gasteiger partial charge is 0.378 e. The van der Waals surface area contributed by atoms with Gasteiger partial charge in [0.05, 0.1) is 6.10 Å². The number of ether oxygens (including phenoxy) is 1. The smallest absolute Gasteiger partial charge is 0.317 e. The van der Waals surface area contributed by atoms with E-state index in [1.54, 1.807) is 0 Å². The summed E-state index contributed by atoms with van der Waals surface area (Å²) in [5.41, 5.74) is 5.42. The van der Waals surface area contributed by atoms with E-state index < -0.39 is 0 Å². The first kappa shape index (κ1) is 15.2. The molecular formula is C13H27N3O2. The van der Waals surface area contributed by atoms with Crippen molar-refractivity contribution in [2.75, 3.05) is 32.8 Å². The number of nitrogens with two attached hydrogens (primary N) is 1. The average Bonchev–Trinajstić information content (AvgIpc) is 2.40. The molecule has 0 aromatic carbocycles. The molecule has 5 heteroatoms. The molecule has 0 bridgehead atoms. The third kappa shape index (κ3) is 5.69. The van der Waals surface area contributed by atoms with Crippen LogP contribution in [-0.2, 0) is 4.74 Å². The van der Waals surface area contributed by atoms with Crippen LogP contribution in [0.3, 0.4) is 0 Å². The van der Waals surface area contributed by atoms with Crippen LogP contribution in [0.5, 0.6) is 0 Å². The predicted octanol–water partition coefficient (Wildman–Crippen LogP) is 1.33. The highest BCUT2D eigenvalue weighted by Crippen LogP contribution is 2.13. The first-order chi connectivity index (χ1) is 8.77. The van der Waals surface area contributed by atoms with Crippen LogP contribution >= 0.6 is 0 Å². The van der Waals surface area contributed by atoms with Gasteiger partial charge >= 0.3 is 6.03 Å². The monoisotopic (exact) mass is 257 g/mol. The molecule has 18 heavy (non-hydrogen) atoms. The molecule has 5 nitrogen and oxygen atoms in total. The Kier molecular flexibility index (Phi) is 7.76. The Morgan fingerprint density at radius 2 is 2.11 bits per heavy atom. The van der Waals surface area contributed by atoms with E-state index in [2.05, 4.69) is 12.2 Å². The number of carbonyl (C=O) groups is 1. The topological polar surface area (TPSA) is 67.6 Å². The van der Waals surface area contributed by atoms with E-state index >= 15 is 0 Å². The Morgan fingerprint density at radius 3 is 2.72 bits per heavy atom. The quantitative estimate of drug-likeness (QED) is 0.676. The lowest BCUT2D eigenvalue weighted by atomic mass is 10.1. The highest BCUT2D eigenvalue weighted by molar-refractivity contribution is 5.74. The number of urea groups is 1. The Balaban J connectivity index is 2.12. The van der Waals surface area contributed by atoms with Crippen molar-refractivity contribution in [3.8, 4) is 0 Å². The number of nitrogens with one attached hydrogen (secondary N) is 1. The number of rotatable bonds is 7. The third-order valence-corrected chi connectivity index (χ3v) is 3.24. The summed E-state index contributed by atoms with van der Waals surface area (Å²) in [6, 6.07) is 0.0730. The maximum Gasteiger partial charge on any atom is 0.317 e. The molecular weight excluding hydrogens is 230 g/mol. The van der Waals surface area contributed by atoms with Gasteiger partial charge in [0, 0.05) is 26.2 Å². The first-order valence-electron chi connectivity index (χ1n) is 7.12. The number of amides is 2. The van der Waals surface area contributed by atoms with Gasteiger partial charge in [-0.15, -0.1) is 0 Å². The van der Waals surface area contributed by atoms with E-state index in [4.69, 9.17) is 10.5 Å². The average molecular weight is 257 g/mol. The van der Waals surface area contributed by atoms with Gasteiger partial charge in [-0.3, -0.25) is 0 Å². The predicted molar refractivity (Wildman–Crippen MR) is 72.5 cm³/mol. The fraction of sp³-hybridized carbons (Fsp3) is 0.923. The number of hydrogen-bond donors (Lipinski definition) is 2. The second-order valence-corrected chi connectivity index (χ2v) is 4.78. The molecule has 1 saturated heterocycles. The van der Waals surface area contributed by atoms with Crippen LogP contribution in [-0.4, -0.2) is 49.8 Å². The number of nitrogens with zero attached hydrogens (tertiary/aromatic N) is 1. The van der Waals surface area contributed by atoms with Crippen LogP contribution in [0, 0.1) is 0 Å². The molecule has 1 aliphatic heterocycles. The molecule has 0 unspecified atom stereocenters. The Hall–Kier alpha value is -0.810. The maximum absolute atomic E-state index is 11.8. The van der Waals surface area contributed by atoms with Gasteiger partial charge in [-0.05, 0) is 32.2 Å². The Labute approximate surface area is 110 Å². The van der Waals surface area contributed by atoms with Crippen molar-refractivity contribution >= 4 is 6.03 Å². The van der Waals surface area contributed by atoms with E-state index in [0.29, 0.717) is 12.6 Å².